The minimum absolute atomic E-state index is 0. The van der Waals surface area contributed by atoms with Gasteiger partial charge < -0.3 is 0 Å². The second kappa shape index (κ2) is 8.63. The highest BCUT2D eigenvalue weighted by Crippen LogP contribution is 2.15. The van der Waals surface area contributed by atoms with Crippen molar-refractivity contribution in [2.24, 2.45) is 4.99 Å². The van der Waals surface area contributed by atoms with Crippen LogP contribution in [0.4, 0.5) is 4.39 Å². The lowest BCUT2D eigenvalue weighted by Crippen LogP contribution is -2.02. The lowest BCUT2D eigenvalue weighted by atomic mass is 10.1. The van der Waals surface area contributed by atoms with Gasteiger partial charge in [0.1, 0.15) is 5.82 Å². The van der Waals surface area contributed by atoms with Gasteiger partial charge in [0, 0.05) is 12.6 Å². The molecule has 25 heavy (non-hydrogen) atoms. The first-order valence-electron chi connectivity index (χ1n) is 7.75. The van der Waals surface area contributed by atoms with E-state index < -0.39 is 0 Å². The zero-order valence-corrected chi connectivity index (χ0v) is 13.3. The van der Waals surface area contributed by atoms with Gasteiger partial charge in [-0.1, -0.05) is 20.3 Å². The molecule has 0 atom stereocenters. The number of allylic oxidation sites excluding steroid dienone is 2. The first kappa shape index (κ1) is 18.2. The number of hydrogen-bond donors (Lipinski definition) is 0. The molecule has 1 aliphatic heterocycles. The van der Waals surface area contributed by atoms with Crippen LogP contribution in [0.1, 0.15) is 32.0 Å². The maximum Gasteiger partial charge on any atom is 0.123 e. The SMILES string of the molecule is C.CCc1c(C#CC2=N/C=C\C=C=CC2)cnn1-c1ccc(F)cc1. The molecule has 1 aromatic carbocycles. The van der Waals surface area contributed by atoms with Gasteiger partial charge in [-0.25, -0.2) is 9.07 Å². The summed E-state index contributed by atoms with van der Waals surface area (Å²) in [6.45, 7) is 2.05. The third-order valence-electron chi connectivity index (χ3n) is 3.54. The summed E-state index contributed by atoms with van der Waals surface area (Å²) in [5.41, 5.74) is 6.49. The lowest BCUT2D eigenvalue weighted by Gasteiger charge is -2.06. The van der Waals surface area contributed by atoms with Gasteiger partial charge in [0.2, 0.25) is 0 Å². The molecule has 0 amide bonds. The molecule has 0 radical (unpaired) electrons. The number of benzene rings is 1. The van der Waals surface area contributed by atoms with Crippen molar-refractivity contribution in [1.82, 2.24) is 9.78 Å². The fourth-order valence-electron chi connectivity index (χ4n) is 2.35. The highest BCUT2D eigenvalue weighted by molar-refractivity contribution is 6.02. The Morgan fingerprint density at radius 2 is 2.04 bits per heavy atom. The number of hydrogen-bond acceptors (Lipinski definition) is 2. The van der Waals surface area contributed by atoms with Crippen LogP contribution in [0, 0.1) is 17.7 Å². The zero-order chi connectivity index (χ0) is 16.8. The van der Waals surface area contributed by atoms with Gasteiger partial charge in [0.05, 0.1) is 28.9 Å². The molecule has 1 aromatic heterocycles. The van der Waals surface area contributed by atoms with Crippen molar-refractivity contribution in [3.8, 4) is 17.5 Å². The summed E-state index contributed by atoms with van der Waals surface area (Å²) in [5, 5.41) is 4.40. The predicted molar refractivity (Wildman–Crippen MR) is 100 cm³/mol. The molecule has 0 saturated heterocycles. The second-order valence-corrected chi connectivity index (χ2v) is 5.16. The molecular weight excluding hydrogens is 313 g/mol. The summed E-state index contributed by atoms with van der Waals surface area (Å²) in [4.78, 5) is 4.32. The summed E-state index contributed by atoms with van der Waals surface area (Å²) in [7, 11) is 0. The van der Waals surface area contributed by atoms with Crippen molar-refractivity contribution < 1.29 is 4.39 Å². The third kappa shape index (κ3) is 4.44. The van der Waals surface area contributed by atoms with Gasteiger partial charge >= 0.3 is 0 Å². The van der Waals surface area contributed by atoms with Gasteiger partial charge in [0.25, 0.3) is 0 Å². The van der Waals surface area contributed by atoms with Crippen LogP contribution in [0.25, 0.3) is 5.69 Å². The number of rotatable bonds is 2. The van der Waals surface area contributed by atoms with Crippen molar-refractivity contribution in [1.29, 1.82) is 0 Å². The predicted octanol–water partition coefficient (Wildman–Crippen LogP) is 4.63. The molecule has 0 spiro atoms. The number of aliphatic imine (C=N–C) groups is 1. The van der Waals surface area contributed by atoms with Gasteiger partial charge in [-0.2, -0.15) is 5.10 Å². The highest BCUT2D eigenvalue weighted by Gasteiger charge is 2.09. The van der Waals surface area contributed by atoms with E-state index in [1.807, 2.05) is 25.2 Å². The maximum atomic E-state index is 13.1. The van der Waals surface area contributed by atoms with Crippen molar-refractivity contribution in [2.45, 2.75) is 27.2 Å². The first-order chi connectivity index (χ1) is 11.8. The van der Waals surface area contributed by atoms with Gasteiger partial charge in [0.15, 0.2) is 0 Å². The average Bonchev–Trinajstić information content (AvgIpc) is 2.97. The van der Waals surface area contributed by atoms with Crippen LogP contribution in [-0.4, -0.2) is 15.5 Å². The van der Waals surface area contributed by atoms with E-state index in [9.17, 15) is 4.39 Å². The highest BCUT2D eigenvalue weighted by atomic mass is 19.1. The molecule has 0 fully saturated rings. The van der Waals surface area contributed by atoms with Crippen LogP contribution in [0.2, 0.25) is 0 Å². The van der Waals surface area contributed by atoms with Gasteiger partial charge in [-0.05, 0) is 54.8 Å². The van der Waals surface area contributed by atoms with E-state index in [4.69, 9.17) is 0 Å². The van der Waals surface area contributed by atoms with Crippen molar-refractivity contribution in [3.63, 3.8) is 0 Å². The quantitative estimate of drug-likeness (QED) is 0.582. The Bertz CT molecular complexity index is 912. The van der Waals surface area contributed by atoms with E-state index in [0.29, 0.717) is 6.42 Å². The van der Waals surface area contributed by atoms with Crippen molar-refractivity contribution >= 4 is 5.71 Å². The monoisotopic (exact) mass is 333 g/mol. The number of nitrogens with zero attached hydrogens (tertiary/aromatic N) is 3. The van der Waals surface area contributed by atoms with E-state index in [2.05, 4.69) is 27.7 Å². The largest absolute Gasteiger partial charge is 0.252 e. The minimum atomic E-state index is -0.263. The molecule has 0 N–H and O–H groups in total. The van der Waals surface area contributed by atoms with Crippen LogP contribution >= 0.6 is 0 Å². The fraction of sp³-hybridized carbons (Fsp3) is 0.190. The first-order valence-corrected chi connectivity index (χ1v) is 7.75. The second-order valence-electron chi connectivity index (χ2n) is 5.16. The molecule has 1 aliphatic rings. The van der Waals surface area contributed by atoms with Gasteiger partial charge in [-0.3, -0.25) is 4.99 Å². The molecule has 0 saturated carbocycles. The zero-order valence-electron chi connectivity index (χ0n) is 13.3. The summed E-state index contributed by atoms with van der Waals surface area (Å²) in [6, 6.07) is 6.27. The van der Waals surface area contributed by atoms with Crippen LogP contribution in [-0.2, 0) is 6.42 Å². The Hall–Kier alpha value is -3.15. The molecule has 0 unspecified atom stereocenters. The smallest absolute Gasteiger partial charge is 0.123 e. The standard InChI is InChI=1S/C20H16FN3.CH4/c1-2-20-16(8-11-18-7-5-3-4-6-14-22-18)15-23-24(20)19-12-9-17(21)10-13-19;/h4-6,9-10,12-15H,2,7H2,1H3;1H4/b14-6-,22-18?;. The Morgan fingerprint density at radius 3 is 2.80 bits per heavy atom. The summed E-state index contributed by atoms with van der Waals surface area (Å²) in [6.07, 6.45) is 10.4. The topological polar surface area (TPSA) is 30.2 Å². The average molecular weight is 333 g/mol. The number of halogens is 1. The van der Waals surface area contributed by atoms with E-state index in [1.165, 1.54) is 12.1 Å². The fourth-order valence-corrected chi connectivity index (χ4v) is 2.35. The number of aromatic nitrogens is 2. The lowest BCUT2D eigenvalue weighted by molar-refractivity contribution is 0.626. The molecule has 4 heteroatoms. The van der Waals surface area contributed by atoms with Crippen LogP contribution < -0.4 is 0 Å². The summed E-state index contributed by atoms with van der Waals surface area (Å²) in [5.74, 6) is 6.00. The molecule has 3 nitrogen and oxygen atoms in total. The third-order valence-corrected chi connectivity index (χ3v) is 3.54. The van der Waals surface area contributed by atoms with E-state index in [-0.39, 0.29) is 13.2 Å². The Morgan fingerprint density at radius 1 is 1.24 bits per heavy atom. The maximum absolute atomic E-state index is 13.1. The van der Waals surface area contributed by atoms with Crippen molar-refractivity contribution in [3.05, 3.63) is 77.7 Å². The van der Waals surface area contributed by atoms with E-state index in [1.54, 1.807) is 29.2 Å². The molecule has 2 aromatic rings. The molecular formula is C21H20FN3. The van der Waals surface area contributed by atoms with E-state index >= 15 is 0 Å². The summed E-state index contributed by atoms with van der Waals surface area (Å²) >= 11 is 0. The Labute approximate surface area is 147 Å². The van der Waals surface area contributed by atoms with E-state index in [0.717, 1.165) is 29.1 Å². The molecule has 126 valence electrons. The molecule has 3 rings (SSSR count). The van der Waals surface area contributed by atoms with Gasteiger partial charge in [-0.15, -0.1) is 5.73 Å². The summed E-state index contributed by atoms with van der Waals surface area (Å²) < 4.78 is 14.9. The Balaban J connectivity index is 0.00000225. The van der Waals surface area contributed by atoms with Crippen LogP contribution in [0.15, 0.2) is 65.6 Å². The van der Waals surface area contributed by atoms with Crippen molar-refractivity contribution in [2.75, 3.05) is 0 Å². The normalized spacial score (nSPS) is 13.8. The van der Waals surface area contributed by atoms with Crippen LogP contribution in [0.3, 0.4) is 0 Å². The molecule has 2 heterocycles. The molecule has 0 aliphatic carbocycles. The van der Waals surface area contributed by atoms with Crippen LogP contribution in [0.5, 0.6) is 0 Å². The molecule has 0 bridgehead atoms. The minimum Gasteiger partial charge on any atom is -0.252 e. The Kier molecular flexibility index (Phi) is 6.28.